The molecule has 0 saturated heterocycles. The summed E-state index contributed by atoms with van der Waals surface area (Å²) in [5.74, 6) is -0.277. The van der Waals surface area contributed by atoms with Crippen LogP contribution in [0.2, 0.25) is 0 Å². The lowest BCUT2D eigenvalue weighted by atomic mass is 10.1. The number of benzene rings is 3. The third-order valence-electron chi connectivity index (χ3n) is 4.82. The van der Waals surface area contributed by atoms with Crippen LogP contribution in [-0.4, -0.2) is 33.2 Å². The Morgan fingerprint density at radius 2 is 1.53 bits per heavy atom. The molecule has 7 heteroatoms. The highest BCUT2D eigenvalue weighted by Gasteiger charge is 2.20. The second-order valence-electron chi connectivity index (χ2n) is 6.51. The van der Waals surface area contributed by atoms with Gasteiger partial charge in [-0.2, -0.15) is 0 Å². The van der Waals surface area contributed by atoms with Crippen LogP contribution >= 0.6 is 0 Å². The summed E-state index contributed by atoms with van der Waals surface area (Å²) in [5, 5.41) is 4.52. The van der Waals surface area contributed by atoms with Crippen molar-refractivity contribution in [1.29, 1.82) is 0 Å². The first-order chi connectivity index (χ1) is 14.5. The largest absolute Gasteiger partial charge is 0.493 e. The van der Waals surface area contributed by atoms with Gasteiger partial charge >= 0.3 is 5.97 Å². The number of esters is 1. The Hall–Kier alpha value is -4.00. The first-order valence-corrected chi connectivity index (χ1v) is 9.12. The zero-order valence-corrected chi connectivity index (χ0v) is 16.6. The number of rotatable bonds is 5. The fourth-order valence-corrected chi connectivity index (χ4v) is 3.32. The second-order valence-corrected chi connectivity index (χ2v) is 6.51. The highest BCUT2D eigenvalue weighted by atomic mass is 16.5. The van der Waals surface area contributed by atoms with Gasteiger partial charge in [0.1, 0.15) is 11.2 Å². The summed E-state index contributed by atoms with van der Waals surface area (Å²) in [6, 6.07) is 15.8. The van der Waals surface area contributed by atoms with Crippen molar-refractivity contribution in [2.24, 2.45) is 0 Å². The first kappa shape index (κ1) is 19.3. The predicted octanol–water partition coefficient (Wildman–Crippen LogP) is 4.64. The van der Waals surface area contributed by atoms with Crippen LogP contribution < -0.4 is 14.8 Å². The Labute approximate surface area is 172 Å². The van der Waals surface area contributed by atoms with Gasteiger partial charge in [-0.1, -0.05) is 18.2 Å². The molecule has 3 aromatic carbocycles. The van der Waals surface area contributed by atoms with E-state index in [1.807, 2.05) is 24.3 Å². The maximum Gasteiger partial charge on any atom is 0.340 e. The van der Waals surface area contributed by atoms with E-state index in [0.717, 1.165) is 16.4 Å². The average molecular weight is 405 g/mol. The lowest BCUT2D eigenvalue weighted by Crippen LogP contribution is -2.16. The number of amides is 1. The summed E-state index contributed by atoms with van der Waals surface area (Å²) in [5.41, 5.74) is 2.26. The third kappa shape index (κ3) is 3.30. The normalized spacial score (nSPS) is 10.8. The molecule has 0 spiro atoms. The lowest BCUT2D eigenvalue weighted by Gasteiger charge is -2.14. The Bertz CT molecular complexity index is 1270. The molecule has 30 heavy (non-hydrogen) atoms. The summed E-state index contributed by atoms with van der Waals surface area (Å²) in [7, 11) is 4.20. The lowest BCUT2D eigenvalue weighted by molar-refractivity contribution is 0.0601. The Kier molecular flexibility index (Phi) is 5.02. The van der Waals surface area contributed by atoms with Crippen LogP contribution in [0.5, 0.6) is 11.5 Å². The quantitative estimate of drug-likeness (QED) is 0.487. The molecule has 1 amide bonds. The predicted molar refractivity (Wildman–Crippen MR) is 113 cm³/mol. The van der Waals surface area contributed by atoms with E-state index in [1.165, 1.54) is 33.5 Å². The standard InChI is InChI=1S/C23H19NO6/c1-27-20-11-16(23(26)29-3)17(12-21(20)28-2)24-22(25)13-8-9-19-15(10-13)14-6-4-5-7-18(14)30-19/h4-12H,1-3H3,(H,24,25). The molecule has 0 radical (unpaired) electrons. The fraction of sp³-hybridized carbons (Fsp3) is 0.130. The van der Waals surface area contributed by atoms with E-state index >= 15 is 0 Å². The number of furan rings is 1. The van der Waals surface area contributed by atoms with Gasteiger partial charge in [0.2, 0.25) is 0 Å². The van der Waals surface area contributed by atoms with Gasteiger partial charge in [-0.3, -0.25) is 4.79 Å². The fourth-order valence-electron chi connectivity index (χ4n) is 3.32. The van der Waals surface area contributed by atoms with E-state index in [-0.39, 0.29) is 17.2 Å². The van der Waals surface area contributed by atoms with Crippen molar-refractivity contribution in [2.45, 2.75) is 0 Å². The molecule has 4 rings (SSSR count). The van der Waals surface area contributed by atoms with Gasteiger partial charge in [-0.05, 0) is 24.3 Å². The van der Waals surface area contributed by atoms with Gasteiger partial charge in [0, 0.05) is 28.5 Å². The molecule has 0 saturated carbocycles. The number of fused-ring (bicyclic) bond motifs is 3. The summed E-state index contributed by atoms with van der Waals surface area (Å²) in [6.45, 7) is 0. The molecule has 0 aliphatic rings. The van der Waals surface area contributed by atoms with Crippen LogP contribution in [-0.2, 0) is 4.74 Å². The van der Waals surface area contributed by atoms with E-state index in [4.69, 9.17) is 18.6 Å². The number of carbonyl (C=O) groups is 2. The van der Waals surface area contributed by atoms with E-state index in [0.29, 0.717) is 22.6 Å². The van der Waals surface area contributed by atoms with E-state index < -0.39 is 5.97 Å². The van der Waals surface area contributed by atoms with E-state index in [1.54, 1.807) is 18.2 Å². The molecule has 0 aliphatic heterocycles. The zero-order valence-electron chi connectivity index (χ0n) is 16.6. The minimum absolute atomic E-state index is 0.151. The number of anilines is 1. The van der Waals surface area contributed by atoms with Gasteiger partial charge in [0.15, 0.2) is 11.5 Å². The molecule has 0 unspecified atom stereocenters. The SMILES string of the molecule is COC(=O)c1cc(OC)c(OC)cc1NC(=O)c1ccc2oc3ccccc3c2c1. The zero-order chi connectivity index (χ0) is 21.3. The minimum atomic E-state index is -0.609. The van der Waals surface area contributed by atoms with Crippen LogP contribution in [0.25, 0.3) is 21.9 Å². The maximum atomic E-state index is 13.0. The number of hydrogen-bond acceptors (Lipinski definition) is 6. The van der Waals surface area contributed by atoms with Crippen molar-refractivity contribution in [2.75, 3.05) is 26.6 Å². The van der Waals surface area contributed by atoms with Crippen LogP contribution in [0, 0.1) is 0 Å². The smallest absolute Gasteiger partial charge is 0.340 e. The number of para-hydroxylation sites is 1. The van der Waals surface area contributed by atoms with Crippen molar-refractivity contribution in [3.8, 4) is 11.5 Å². The van der Waals surface area contributed by atoms with Crippen LogP contribution in [0.15, 0.2) is 59.0 Å². The summed E-state index contributed by atoms with van der Waals surface area (Å²) in [6.07, 6.45) is 0. The molecule has 1 aromatic heterocycles. The van der Waals surface area contributed by atoms with Gasteiger partial charge in [0.25, 0.3) is 5.91 Å². The van der Waals surface area contributed by atoms with Crippen LogP contribution in [0.3, 0.4) is 0 Å². The number of nitrogens with one attached hydrogen (secondary N) is 1. The summed E-state index contributed by atoms with van der Waals surface area (Å²) in [4.78, 5) is 25.2. The van der Waals surface area contributed by atoms with Crippen LogP contribution in [0.1, 0.15) is 20.7 Å². The molecule has 0 fully saturated rings. The molecule has 152 valence electrons. The maximum absolute atomic E-state index is 13.0. The van der Waals surface area contributed by atoms with E-state index in [2.05, 4.69) is 5.32 Å². The molecular weight excluding hydrogens is 386 g/mol. The molecule has 4 aromatic rings. The number of methoxy groups -OCH3 is 3. The second kappa shape index (κ2) is 7.79. The Morgan fingerprint density at radius 1 is 0.833 bits per heavy atom. The van der Waals surface area contributed by atoms with Crippen molar-refractivity contribution in [3.05, 3.63) is 65.7 Å². The highest BCUT2D eigenvalue weighted by molar-refractivity contribution is 6.12. The number of carbonyl (C=O) groups excluding carboxylic acids is 2. The molecule has 0 aliphatic carbocycles. The average Bonchev–Trinajstić information content (AvgIpc) is 3.16. The Morgan fingerprint density at radius 3 is 2.27 bits per heavy atom. The van der Waals surface area contributed by atoms with Crippen molar-refractivity contribution < 1.29 is 28.2 Å². The van der Waals surface area contributed by atoms with Gasteiger partial charge in [0.05, 0.1) is 32.6 Å². The topological polar surface area (TPSA) is 87.0 Å². The number of hydrogen-bond donors (Lipinski definition) is 1. The van der Waals surface area contributed by atoms with Crippen LogP contribution in [0.4, 0.5) is 5.69 Å². The number of ether oxygens (including phenoxy) is 3. The monoisotopic (exact) mass is 405 g/mol. The summed E-state index contributed by atoms with van der Waals surface area (Å²) < 4.78 is 21.2. The molecular formula is C23H19NO6. The molecule has 0 bridgehead atoms. The minimum Gasteiger partial charge on any atom is -0.493 e. The molecule has 1 heterocycles. The first-order valence-electron chi connectivity index (χ1n) is 9.12. The van der Waals surface area contributed by atoms with Crippen molar-refractivity contribution in [3.63, 3.8) is 0 Å². The highest BCUT2D eigenvalue weighted by Crippen LogP contribution is 2.34. The van der Waals surface area contributed by atoms with E-state index in [9.17, 15) is 9.59 Å². The molecule has 0 atom stereocenters. The van der Waals surface area contributed by atoms with Crippen molar-refractivity contribution in [1.82, 2.24) is 0 Å². The van der Waals surface area contributed by atoms with Gasteiger partial charge < -0.3 is 23.9 Å². The van der Waals surface area contributed by atoms with Gasteiger partial charge in [-0.15, -0.1) is 0 Å². The van der Waals surface area contributed by atoms with Crippen molar-refractivity contribution >= 4 is 39.5 Å². The summed E-state index contributed by atoms with van der Waals surface area (Å²) >= 11 is 0. The Balaban J connectivity index is 1.74. The van der Waals surface area contributed by atoms with Gasteiger partial charge in [-0.25, -0.2) is 4.79 Å². The molecule has 1 N–H and O–H groups in total. The third-order valence-corrected chi connectivity index (χ3v) is 4.82. The molecule has 7 nitrogen and oxygen atoms in total.